The molecular formula is C36H33FN4O3. The molecule has 1 aliphatic carbocycles. The number of amides is 3. The molecule has 4 aromatic rings. The van der Waals surface area contributed by atoms with Crippen LogP contribution in [0.1, 0.15) is 52.7 Å². The van der Waals surface area contributed by atoms with E-state index >= 15 is 0 Å². The van der Waals surface area contributed by atoms with E-state index in [4.69, 9.17) is 0 Å². The van der Waals surface area contributed by atoms with Gasteiger partial charge in [0, 0.05) is 49.1 Å². The van der Waals surface area contributed by atoms with E-state index in [0.717, 1.165) is 67.5 Å². The summed E-state index contributed by atoms with van der Waals surface area (Å²) in [5.41, 5.74) is 5.76. The van der Waals surface area contributed by atoms with E-state index in [2.05, 4.69) is 45.4 Å². The number of piperidine rings is 1. The summed E-state index contributed by atoms with van der Waals surface area (Å²) in [5, 5.41) is 4.28. The maximum Gasteiger partial charge on any atom is 0.259 e. The first-order valence-corrected chi connectivity index (χ1v) is 15.5. The quantitative estimate of drug-likeness (QED) is 0.316. The topological polar surface area (TPSA) is 73.0 Å². The number of para-hydroxylation sites is 1. The molecule has 7 nitrogen and oxygen atoms in total. The first-order chi connectivity index (χ1) is 21.4. The Hall–Kier alpha value is -4.56. The fourth-order valence-corrected chi connectivity index (χ4v) is 7.60. The molecule has 1 saturated carbocycles. The Morgan fingerprint density at radius 3 is 2.32 bits per heavy atom. The van der Waals surface area contributed by atoms with Gasteiger partial charge in [-0.1, -0.05) is 54.6 Å². The third kappa shape index (κ3) is 4.31. The first kappa shape index (κ1) is 27.0. The molecule has 3 aliphatic heterocycles. The Bertz CT molecular complexity index is 1830. The van der Waals surface area contributed by atoms with Crippen LogP contribution in [0.25, 0.3) is 10.8 Å². The second-order valence-corrected chi connectivity index (χ2v) is 12.4. The maximum absolute atomic E-state index is 14.3. The largest absolute Gasteiger partial charge is 0.367 e. The van der Waals surface area contributed by atoms with Gasteiger partial charge in [-0.15, -0.1) is 0 Å². The Morgan fingerprint density at radius 2 is 1.59 bits per heavy atom. The third-order valence-electron chi connectivity index (χ3n) is 10.0. The summed E-state index contributed by atoms with van der Waals surface area (Å²) >= 11 is 0. The molecule has 0 bridgehead atoms. The minimum atomic E-state index is -0.688. The summed E-state index contributed by atoms with van der Waals surface area (Å²) in [6.45, 7) is 3.45. The number of hydrogen-bond donors (Lipinski definition) is 1. The summed E-state index contributed by atoms with van der Waals surface area (Å²) in [4.78, 5) is 44.2. The maximum atomic E-state index is 14.3. The summed E-state index contributed by atoms with van der Waals surface area (Å²) in [6, 6.07) is 25.1. The number of benzene rings is 4. The molecule has 8 rings (SSSR count). The van der Waals surface area contributed by atoms with Crippen LogP contribution in [0, 0.1) is 5.82 Å². The van der Waals surface area contributed by atoms with Crippen LogP contribution in [0.5, 0.6) is 0 Å². The van der Waals surface area contributed by atoms with Gasteiger partial charge in [-0.3, -0.25) is 29.5 Å². The highest BCUT2D eigenvalue weighted by Gasteiger charge is 2.50. The Morgan fingerprint density at radius 1 is 0.818 bits per heavy atom. The van der Waals surface area contributed by atoms with Gasteiger partial charge in [0.05, 0.1) is 11.4 Å². The van der Waals surface area contributed by atoms with Crippen molar-refractivity contribution in [1.82, 2.24) is 10.2 Å². The normalized spacial score (nSPS) is 21.2. The zero-order chi connectivity index (χ0) is 30.0. The lowest BCUT2D eigenvalue weighted by Crippen LogP contribution is -2.53. The van der Waals surface area contributed by atoms with Crippen molar-refractivity contribution in [2.75, 3.05) is 36.0 Å². The van der Waals surface area contributed by atoms with Crippen molar-refractivity contribution < 1.29 is 18.8 Å². The molecule has 44 heavy (non-hydrogen) atoms. The minimum absolute atomic E-state index is 0.0711. The summed E-state index contributed by atoms with van der Waals surface area (Å²) in [7, 11) is 0. The van der Waals surface area contributed by atoms with Gasteiger partial charge in [-0.25, -0.2) is 4.39 Å². The molecule has 1 unspecified atom stereocenters. The molecule has 8 heteroatoms. The Kier molecular flexibility index (Phi) is 6.31. The molecule has 3 amide bonds. The van der Waals surface area contributed by atoms with E-state index in [1.54, 1.807) is 11.0 Å². The van der Waals surface area contributed by atoms with Gasteiger partial charge in [0.1, 0.15) is 11.9 Å². The number of anilines is 2. The average Bonchev–Trinajstić information content (AvgIpc) is 3.80. The van der Waals surface area contributed by atoms with Crippen LogP contribution < -0.4 is 15.1 Å². The van der Waals surface area contributed by atoms with E-state index < -0.39 is 11.9 Å². The van der Waals surface area contributed by atoms with E-state index in [9.17, 15) is 18.8 Å². The van der Waals surface area contributed by atoms with Crippen molar-refractivity contribution in [3.63, 3.8) is 0 Å². The van der Waals surface area contributed by atoms with Crippen molar-refractivity contribution in [2.24, 2.45) is 0 Å². The first-order valence-electron chi connectivity index (χ1n) is 15.5. The SMILES string of the molecule is O=C1CCC(N2C(=O)c3cccc4c(Cc5ccc(C6(N7CCN(c8ccccc8F)CC7)CC6)cc5)ccc2c34)C(=O)N1. The molecule has 2 saturated heterocycles. The second kappa shape index (κ2) is 10.3. The summed E-state index contributed by atoms with van der Waals surface area (Å²) in [6.07, 6.45) is 3.54. The highest BCUT2D eigenvalue weighted by atomic mass is 19.1. The molecule has 4 aromatic carbocycles. The number of piperazine rings is 1. The van der Waals surface area contributed by atoms with E-state index in [-0.39, 0.29) is 29.6 Å². The third-order valence-corrected chi connectivity index (χ3v) is 10.0. The average molecular weight is 589 g/mol. The molecule has 0 spiro atoms. The van der Waals surface area contributed by atoms with Crippen molar-refractivity contribution in [2.45, 2.75) is 43.7 Å². The number of halogens is 1. The van der Waals surface area contributed by atoms with Crippen LogP contribution in [-0.4, -0.2) is 54.8 Å². The van der Waals surface area contributed by atoms with Crippen LogP contribution in [0.3, 0.4) is 0 Å². The monoisotopic (exact) mass is 588 g/mol. The van der Waals surface area contributed by atoms with E-state index in [1.807, 2.05) is 36.4 Å². The number of nitrogens with one attached hydrogen (secondary N) is 1. The van der Waals surface area contributed by atoms with Gasteiger partial charge < -0.3 is 4.90 Å². The zero-order valence-electron chi connectivity index (χ0n) is 24.4. The van der Waals surface area contributed by atoms with Crippen LogP contribution in [0.15, 0.2) is 78.9 Å². The molecule has 3 heterocycles. The van der Waals surface area contributed by atoms with Crippen molar-refractivity contribution >= 4 is 39.9 Å². The summed E-state index contributed by atoms with van der Waals surface area (Å²) < 4.78 is 14.3. The second-order valence-electron chi connectivity index (χ2n) is 12.4. The lowest BCUT2D eigenvalue weighted by Gasteiger charge is -2.41. The van der Waals surface area contributed by atoms with Gasteiger partial charge in [0.15, 0.2) is 0 Å². The van der Waals surface area contributed by atoms with Crippen LogP contribution >= 0.6 is 0 Å². The van der Waals surface area contributed by atoms with E-state index in [1.165, 1.54) is 17.2 Å². The Labute approximate surface area is 255 Å². The molecule has 1 atom stereocenters. The molecule has 4 aliphatic rings. The van der Waals surface area contributed by atoms with Crippen LogP contribution in [0.2, 0.25) is 0 Å². The van der Waals surface area contributed by atoms with Gasteiger partial charge in [0.2, 0.25) is 11.8 Å². The fourth-order valence-electron chi connectivity index (χ4n) is 7.60. The van der Waals surface area contributed by atoms with Crippen molar-refractivity contribution in [3.8, 4) is 0 Å². The smallest absolute Gasteiger partial charge is 0.259 e. The highest BCUT2D eigenvalue weighted by molar-refractivity contribution is 6.27. The van der Waals surface area contributed by atoms with E-state index in [0.29, 0.717) is 17.7 Å². The molecule has 3 fully saturated rings. The lowest BCUT2D eigenvalue weighted by atomic mass is 9.94. The molecular weight excluding hydrogens is 555 g/mol. The molecule has 0 radical (unpaired) electrons. The van der Waals surface area contributed by atoms with Gasteiger partial charge >= 0.3 is 0 Å². The fraction of sp³-hybridized carbons (Fsp3) is 0.306. The highest BCUT2D eigenvalue weighted by Crippen LogP contribution is 2.51. The minimum Gasteiger partial charge on any atom is -0.367 e. The van der Waals surface area contributed by atoms with Gasteiger partial charge in [-0.05, 0) is 72.0 Å². The number of imide groups is 1. The number of carbonyl (C=O) groups is 3. The Balaban J connectivity index is 1.00. The van der Waals surface area contributed by atoms with Crippen molar-refractivity contribution in [1.29, 1.82) is 0 Å². The summed E-state index contributed by atoms with van der Waals surface area (Å²) in [5.74, 6) is -1.06. The van der Waals surface area contributed by atoms with Crippen LogP contribution in [-0.2, 0) is 21.5 Å². The predicted octanol–water partition coefficient (Wildman–Crippen LogP) is 5.15. The standard InChI is InChI=1S/C36H33FN4O3/c37-28-6-1-2-7-29(28)39-18-20-40(21-19-39)36(16-17-36)25-11-8-23(9-12-25)22-24-10-13-30-33-26(24)4-3-5-27(33)35(44)41(30)31-14-15-32(42)38-34(31)43/h1-13,31H,14-22H2,(H,38,42,43). The zero-order valence-corrected chi connectivity index (χ0v) is 24.4. The lowest BCUT2D eigenvalue weighted by molar-refractivity contribution is -0.134. The van der Waals surface area contributed by atoms with Gasteiger partial charge in [0.25, 0.3) is 5.91 Å². The van der Waals surface area contributed by atoms with Gasteiger partial charge in [-0.2, -0.15) is 0 Å². The number of carbonyl (C=O) groups excluding carboxylic acids is 3. The number of rotatable bonds is 6. The molecule has 1 N–H and O–H groups in total. The molecule has 0 aromatic heterocycles. The number of nitrogens with zero attached hydrogens (tertiary/aromatic N) is 3. The van der Waals surface area contributed by atoms with Crippen molar-refractivity contribution in [3.05, 3.63) is 107 Å². The van der Waals surface area contributed by atoms with Crippen LogP contribution in [0.4, 0.5) is 15.8 Å². The predicted molar refractivity (Wildman–Crippen MR) is 167 cm³/mol. The molecule has 222 valence electrons. The number of hydrogen-bond acceptors (Lipinski definition) is 5.